The number of rotatable bonds is 37. The number of ether oxygens (including phenoxy) is 5. The van der Waals surface area contributed by atoms with E-state index in [4.69, 9.17) is 45.5 Å². The molecular weight excluding hydrogens is 812 g/mol. The number of carbonyl (C=O) groups is 4. The van der Waals surface area contributed by atoms with Gasteiger partial charge in [-0.1, -0.05) is 82.2 Å². The van der Waals surface area contributed by atoms with Crippen molar-refractivity contribution in [2.24, 2.45) is 0 Å². The average molecular weight is 873 g/mol. The van der Waals surface area contributed by atoms with Crippen molar-refractivity contribution in [1.29, 1.82) is 0 Å². The minimum atomic E-state index is -3.84. The van der Waals surface area contributed by atoms with Crippen LogP contribution >= 0.6 is 11.6 Å². The standard InChI is InChI=1S/C40H61ClN4O13S/c41-34-26-33(15-16-35(34)58-19-13-11-9-7-5-3-1-2-4-6-8-10-12-14-38(47)48)59(52,53)31-36-44-27-32(28-45-36)40(51)43-18-21-55-22-24-56-29-37(46)42-17-20-54-23-25-57-30-39(49)50/h15-16,26-28H,1-14,17-25,29-31H2,(H,42,46)(H,43,51)(H,47,48)(H,49,50). The highest BCUT2D eigenvalue weighted by Gasteiger charge is 2.20. The number of unbranched alkanes of at least 4 members (excludes halogenated alkanes) is 12. The van der Waals surface area contributed by atoms with Gasteiger partial charge in [-0.2, -0.15) is 0 Å². The summed E-state index contributed by atoms with van der Waals surface area (Å²) in [6.45, 7) is 1.49. The van der Waals surface area contributed by atoms with Crippen molar-refractivity contribution in [1.82, 2.24) is 20.6 Å². The van der Waals surface area contributed by atoms with Gasteiger partial charge >= 0.3 is 11.9 Å². The molecule has 2 aromatic rings. The Hall–Kier alpha value is -3.94. The zero-order chi connectivity index (χ0) is 43.0. The third kappa shape index (κ3) is 26.0. The number of carboxylic acids is 2. The van der Waals surface area contributed by atoms with Gasteiger partial charge in [0.15, 0.2) is 9.84 Å². The van der Waals surface area contributed by atoms with E-state index in [1.54, 1.807) is 6.07 Å². The van der Waals surface area contributed by atoms with E-state index < -0.39 is 40.0 Å². The second kappa shape index (κ2) is 31.9. The summed E-state index contributed by atoms with van der Waals surface area (Å²) >= 11 is 6.37. The molecule has 59 heavy (non-hydrogen) atoms. The fraction of sp³-hybridized carbons (Fsp3) is 0.650. The molecule has 0 aliphatic carbocycles. The van der Waals surface area contributed by atoms with E-state index in [2.05, 4.69) is 20.6 Å². The van der Waals surface area contributed by atoms with Gasteiger partial charge in [0, 0.05) is 31.9 Å². The summed E-state index contributed by atoms with van der Waals surface area (Å²) in [7, 11) is -3.84. The van der Waals surface area contributed by atoms with Gasteiger partial charge < -0.3 is 44.5 Å². The van der Waals surface area contributed by atoms with E-state index in [-0.39, 0.29) is 93.0 Å². The lowest BCUT2D eigenvalue weighted by atomic mass is 10.0. The summed E-state index contributed by atoms with van der Waals surface area (Å²) in [6, 6.07) is 4.34. The Balaban J connectivity index is 1.52. The number of hydrogen-bond donors (Lipinski definition) is 4. The molecule has 1 heterocycles. The Morgan fingerprint density at radius 3 is 1.71 bits per heavy atom. The molecule has 0 aliphatic heterocycles. The number of sulfone groups is 1. The number of halogens is 1. The molecule has 17 nitrogen and oxygen atoms in total. The summed E-state index contributed by atoms with van der Waals surface area (Å²) < 4.78 is 52.6. The highest BCUT2D eigenvalue weighted by atomic mass is 35.5. The largest absolute Gasteiger partial charge is 0.492 e. The second-order valence-corrected chi connectivity index (χ2v) is 16.1. The molecular formula is C40H61ClN4O13S. The van der Waals surface area contributed by atoms with Crippen molar-refractivity contribution in [3.8, 4) is 5.75 Å². The van der Waals surface area contributed by atoms with E-state index in [1.165, 1.54) is 69.5 Å². The molecule has 332 valence electrons. The van der Waals surface area contributed by atoms with Crippen LogP contribution in [0.2, 0.25) is 5.02 Å². The second-order valence-electron chi connectivity index (χ2n) is 13.7. The molecule has 0 bridgehead atoms. The van der Waals surface area contributed by atoms with E-state index in [9.17, 15) is 27.6 Å². The lowest BCUT2D eigenvalue weighted by Gasteiger charge is -2.10. The summed E-state index contributed by atoms with van der Waals surface area (Å²) in [5.74, 6) is -2.61. The number of hydrogen-bond acceptors (Lipinski definition) is 13. The van der Waals surface area contributed by atoms with Crippen LogP contribution in [0, 0.1) is 0 Å². The number of aromatic nitrogens is 2. The van der Waals surface area contributed by atoms with Crippen LogP contribution in [0.25, 0.3) is 0 Å². The lowest BCUT2D eigenvalue weighted by Crippen LogP contribution is -2.31. The third-order valence-corrected chi connectivity index (χ3v) is 10.6. The molecule has 0 unspecified atom stereocenters. The van der Waals surface area contributed by atoms with Crippen molar-refractivity contribution in [3.63, 3.8) is 0 Å². The fourth-order valence-corrected chi connectivity index (χ4v) is 7.04. The van der Waals surface area contributed by atoms with Crippen molar-refractivity contribution < 1.29 is 61.5 Å². The van der Waals surface area contributed by atoms with Gasteiger partial charge in [0.2, 0.25) is 5.91 Å². The average Bonchev–Trinajstić information content (AvgIpc) is 3.20. The lowest BCUT2D eigenvalue weighted by molar-refractivity contribution is -0.143. The quantitative estimate of drug-likeness (QED) is 0.0652. The zero-order valence-corrected chi connectivity index (χ0v) is 35.4. The molecule has 0 saturated carbocycles. The van der Waals surface area contributed by atoms with Crippen LogP contribution in [0.15, 0.2) is 35.5 Å². The Labute approximate surface area is 352 Å². The SMILES string of the molecule is O=C(O)CCCCCCCCCCCCCCCOc1ccc(S(=O)(=O)Cc2ncc(C(=O)NCCOCCOCC(=O)NCCOCCOCC(=O)O)cn2)cc1Cl. The van der Waals surface area contributed by atoms with E-state index in [0.717, 1.165) is 38.5 Å². The molecule has 0 saturated heterocycles. The molecule has 0 fully saturated rings. The van der Waals surface area contributed by atoms with Gasteiger partial charge in [-0.25, -0.2) is 23.2 Å². The summed E-state index contributed by atoms with van der Waals surface area (Å²) in [4.78, 5) is 53.2. The first-order chi connectivity index (χ1) is 28.5. The maximum Gasteiger partial charge on any atom is 0.329 e. The number of nitrogens with zero attached hydrogens (tertiary/aromatic N) is 2. The number of carbonyl (C=O) groups excluding carboxylic acids is 2. The van der Waals surface area contributed by atoms with Crippen LogP contribution in [-0.2, 0) is 48.9 Å². The maximum absolute atomic E-state index is 13.1. The molecule has 2 amide bonds. The van der Waals surface area contributed by atoms with Crippen LogP contribution < -0.4 is 15.4 Å². The van der Waals surface area contributed by atoms with Crippen LogP contribution in [0.4, 0.5) is 0 Å². The summed E-state index contributed by atoms with van der Waals surface area (Å²) in [5.41, 5.74) is 0.146. The molecule has 0 aliphatic rings. The fourth-order valence-electron chi connectivity index (χ4n) is 5.51. The first kappa shape index (κ1) is 51.2. The molecule has 0 atom stereocenters. The Morgan fingerprint density at radius 2 is 1.15 bits per heavy atom. The Kier molecular flexibility index (Phi) is 27.7. The van der Waals surface area contributed by atoms with Crippen LogP contribution in [-0.4, -0.2) is 125 Å². The molecule has 1 aromatic heterocycles. The summed E-state index contributed by atoms with van der Waals surface area (Å²) in [5, 5.41) is 22.6. The predicted molar refractivity (Wildman–Crippen MR) is 218 cm³/mol. The number of carboxylic acid groups (broad SMARTS) is 2. The van der Waals surface area contributed by atoms with Crippen LogP contribution in [0.1, 0.15) is 106 Å². The van der Waals surface area contributed by atoms with Gasteiger partial charge in [0.05, 0.1) is 61.7 Å². The number of benzene rings is 1. The molecule has 2 rings (SSSR count). The van der Waals surface area contributed by atoms with Crippen LogP contribution in [0.5, 0.6) is 5.75 Å². The van der Waals surface area contributed by atoms with E-state index in [0.29, 0.717) is 12.4 Å². The first-order valence-corrected chi connectivity index (χ1v) is 22.3. The highest BCUT2D eigenvalue weighted by molar-refractivity contribution is 7.90. The molecule has 0 radical (unpaired) electrons. The monoisotopic (exact) mass is 872 g/mol. The number of aliphatic carboxylic acids is 2. The predicted octanol–water partition coefficient (Wildman–Crippen LogP) is 5.03. The van der Waals surface area contributed by atoms with Crippen molar-refractivity contribution in [2.75, 3.05) is 72.6 Å². The van der Waals surface area contributed by atoms with E-state index >= 15 is 0 Å². The zero-order valence-electron chi connectivity index (χ0n) is 33.8. The topological polar surface area (TPSA) is 239 Å². The van der Waals surface area contributed by atoms with Crippen molar-refractivity contribution in [3.05, 3.63) is 47.0 Å². The minimum Gasteiger partial charge on any atom is -0.492 e. The number of nitrogens with one attached hydrogen (secondary N) is 2. The molecule has 0 spiro atoms. The Bertz CT molecular complexity index is 1620. The summed E-state index contributed by atoms with van der Waals surface area (Å²) in [6.07, 6.45) is 17.2. The highest BCUT2D eigenvalue weighted by Crippen LogP contribution is 2.29. The molecule has 19 heteroatoms. The third-order valence-electron chi connectivity index (χ3n) is 8.64. The van der Waals surface area contributed by atoms with Gasteiger partial charge in [-0.15, -0.1) is 0 Å². The minimum absolute atomic E-state index is 0.00531. The molecule has 1 aromatic carbocycles. The van der Waals surface area contributed by atoms with Gasteiger partial charge in [-0.05, 0) is 31.0 Å². The maximum atomic E-state index is 13.1. The van der Waals surface area contributed by atoms with E-state index in [1.807, 2.05) is 0 Å². The van der Waals surface area contributed by atoms with Crippen molar-refractivity contribution in [2.45, 2.75) is 101 Å². The van der Waals surface area contributed by atoms with Crippen LogP contribution in [0.3, 0.4) is 0 Å². The Morgan fingerprint density at radius 1 is 0.627 bits per heavy atom. The normalized spacial score (nSPS) is 11.3. The van der Waals surface area contributed by atoms with Gasteiger partial charge in [-0.3, -0.25) is 14.4 Å². The van der Waals surface area contributed by atoms with Gasteiger partial charge in [0.25, 0.3) is 5.91 Å². The number of amides is 2. The molecule has 4 N–H and O–H groups in total. The smallest absolute Gasteiger partial charge is 0.329 e. The van der Waals surface area contributed by atoms with Crippen molar-refractivity contribution >= 4 is 45.2 Å². The van der Waals surface area contributed by atoms with Gasteiger partial charge in [0.1, 0.15) is 30.5 Å². The first-order valence-electron chi connectivity index (χ1n) is 20.2.